The Labute approximate surface area is 139 Å². The maximum Gasteiger partial charge on any atom is 0.231 e. The van der Waals surface area contributed by atoms with Crippen LogP contribution in [0.2, 0.25) is 0 Å². The second kappa shape index (κ2) is 6.32. The molecular formula is C17H20N2O5. The molecule has 7 heteroatoms. The van der Waals surface area contributed by atoms with Gasteiger partial charge in [-0.2, -0.15) is 0 Å². The van der Waals surface area contributed by atoms with Gasteiger partial charge in [0.2, 0.25) is 18.6 Å². The molecule has 128 valence electrons. The van der Waals surface area contributed by atoms with Crippen LogP contribution in [0.3, 0.4) is 0 Å². The molecular weight excluding hydrogens is 312 g/mol. The molecule has 4 rings (SSSR count). The topological polar surface area (TPSA) is 77.1 Å². The molecule has 3 aliphatic heterocycles. The lowest BCUT2D eigenvalue weighted by molar-refractivity contribution is -0.126. The van der Waals surface area contributed by atoms with E-state index in [0.717, 1.165) is 18.7 Å². The zero-order chi connectivity index (χ0) is 16.5. The SMILES string of the molecule is O=C(NC[C@@H]1CCOC1)[C@H]1CC(=O)N(c2ccc3c(c2)OCO3)C1. The number of rotatable bonds is 4. The summed E-state index contributed by atoms with van der Waals surface area (Å²) < 4.78 is 15.9. The minimum absolute atomic E-state index is 0.0433. The number of hydrogen-bond acceptors (Lipinski definition) is 5. The van der Waals surface area contributed by atoms with Crippen LogP contribution in [0, 0.1) is 11.8 Å². The van der Waals surface area contributed by atoms with Crippen LogP contribution in [-0.4, -0.2) is 44.9 Å². The molecule has 2 saturated heterocycles. The number of carbonyl (C=O) groups is 2. The monoisotopic (exact) mass is 332 g/mol. The summed E-state index contributed by atoms with van der Waals surface area (Å²) in [6.07, 6.45) is 1.22. The zero-order valence-electron chi connectivity index (χ0n) is 13.3. The van der Waals surface area contributed by atoms with Gasteiger partial charge in [0.1, 0.15) is 0 Å². The lowest BCUT2D eigenvalue weighted by Gasteiger charge is -2.17. The number of ether oxygens (including phenoxy) is 3. The highest BCUT2D eigenvalue weighted by molar-refractivity contribution is 6.00. The molecule has 0 bridgehead atoms. The van der Waals surface area contributed by atoms with Crippen LogP contribution >= 0.6 is 0 Å². The van der Waals surface area contributed by atoms with E-state index < -0.39 is 0 Å². The fourth-order valence-electron chi connectivity index (χ4n) is 3.32. The maximum absolute atomic E-state index is 12.3. The van der Waals surface area contributed by atoms with E-state index >= 15 is 0 Å². The van der Waals surface area contributed by atoms with Gasteiger partial charge in [-0.25, -0.2) is 0 Å². The molecule has 0 aliphatic carbocycles. The van der Waals surface area contributed by atoms with Crippen molar-refractivity contribution in [2.75, 3.05) is 38.0 Å². The van der Waals surface area contributed by atoms with Crippen molar-refractivity contribution in [3.63, 3.8) is 0 Å². The first-order chi connectivity index (χ1) is 11.7. The van der Waals surface area contributed by atoms with E-state index in [2.05, 4.69) is 5.32 Å². The summed E-state index contributed by atoms with van der Waals surface area (Å²) >= 11 is 0. The molecule has 7 nitrogen and oxygen atoms in total. The summed E-state index contributed by atoms with van der Waals surface area (Å²) in [5.74, 6) is 1.28. The summed E-state index contributed by atoms with van der Waals surface area (Å²) in [6.45, 7) is 2.68. The van der Waals surface area contributed by atoms with Gasteiger partial charge in [0.05, 0.1) is 12.5 Å². The first-order valence-corrected chi connectivity index (χ1v) is 8.26. The van der Waals surface area contributed by atoms with Crippen LogP contribution in [-0.2, 0) is 14.3 Å². The minimum Gasteiger partial charge on any atom is -0.454 e. The maximum atomic E-state index is 12.3. The predicted octanol–water partition coefficient (Wildman–Crippen LogP) is 0.921. The lowest BCUT2D eigenvalue weighted by Crippen LogP contribution is -2.36. The van der Waals surface area contributed by atoms with E-state index in [1.54, 1.807) is 17.0 Å². The molecule has 24 heavy (non-hydrogen) atoms. The quantitative estimate of drug-likeness (QED) is 0.887. The predicted molar refractivity (Wildman–Crippen MR) is 85.0 cm³/mol. The van der Waals surface area contributed by atoms with E-state index in [4.69, 9.17) is 14.2 Å². The minimum atomic E-state index is -0.315. The van der Waals surface area contributed by atoms with Crippen LogP contribution in [0.15, 0.2) is 18.2 Å². The smallest absolute Gasteiger partial charge is 0.231 e. The van der Waals surface area contributed by atoms with Crippen LogP contribution in [0.5, 0.6) is 11.5 Å². The first-order valence-electron chi connectivity index (χ1n) is 8.26. The molecule has 2 amide bonds. The van der Waals surface area contributed by atoms with E-state index in [1.807, 2.05) is 6.07 Å². The third-order valence-corrected chi connectivity index (χ3v) is 4.75. The van der Waals surface area contributed by atoms with Gasteiger partial charge in [-0.1, -0.05) is 0 Å². The largest absolute Gasteiger partial charge is 0.454 e. The summed E-state index contributed by atoms with van der Waals surface area (Å²) in [6, 6.07) is 5.40. The number of anilines is 1. The Morgan fingerprint density at radius 2 is 2.17 bits per heavy atom. The Morgan fingerprint density at radius 1 is 1.29 bits per heavy atom. The molecule has 0 aromatic heterocycles. The Bertz CT molecular complexity index is 656. The first kappa shape index (κ1) is 15.3. The van der Waals surface area contributed by atoms with Crippen molar-refractivity contribution in [3.05, 3.63) is 18.2 Å². The van der Waals surface area contributed by atoms with Gasteiger partial charge in [0.25, 0.3) is 0 Å². The van der Waals surface area contributed by atoms with Crippen molar-refractivity contribution in [3.8, 4) is 11.5 Å². The van der Waals surface area contributed by atoms with E-state index in [1.165, 1.54) is 0 Å². The molecule has 3 heterocycles. The Balaban J connectivity index is 1.38. The molecule has 0 unspecified atom stereocenters. The number of nitrogens with one attached hydrogen (secondary N) is 1. The van der Waals surface area contributed by atoms with Crippen molar-refractivity contribution in [2.45, 2.75) is 12.8 Å². The van der Waals surface area contributed by atoms with Gasteiger partial charge in [-0.3, -0.25) is 9.59 Å². The van der Waals surface area contributed by atoms with Crippen molar-refractivity contribution in [1.82, 2.24) is 5.32 Å². The van der Waals surface area contributed by atoms with Crippen molar-refractivity contribution in [2.24, 2.45) is 11.8 Å². The Morgan fingerprint density at radius 3 is 3.00 bits per heavy atom. The highest BCUT2D eigenvalue weighted by Gasteiger charge is 2.35. The highest BCUT2D eigenvalue weighted by atomic mass is 16.7. The molecule has 0 spiro atoms. The molecule has 1 N–H and O–H groups in total. The molecule has 1 aromatic carbocycles. The van der Waals surface area contributed by atoms with Crippen molar-refractivity contribution >= 4 is 17.5 Å². The van der Waals surface area contributed by atoms with Gasteiger partial charge in [-0.05, 0) is 18.6 Å². The number of benzene rings is 1. The molecule has 3 aliphatic rings. The average Bonchev–Trinajstić information content (AvgIpc) is 3.32. The average molecular weight is 332 g/mol. The fourth-order valence-corrected chi connectivity index (χ4v) is 3.32. The van der Waals surface area contributed by atoms with Crippen LogP contribution in [0.4, 0.5) is 5.69 Å². The van der Waals surface area contributed by atoms with Crippen LogP contribution in [0.25, 0.3) is 0 Å². The summed E-state index contributed by atoms with van der Waals surface area (Å²) in [4.78, 5) is 26.3. The van der Waals surface area contributed by atoms with Gasteiger partial charge in [-0.15, -0.1) is 0 Å². The van der Waals surface area contributed by atoms with Crippen molar-refractivity contribution < 1.29 is 23.8 Å². The molecule has 0 saturated carbocycles. The summed E-state index contributed by atoms with van der Waals surface area (Å²) in [5, 5.41) is 2.96. The Kier molecular flexibility index (Phi) is 4.02. The number of amides is 2. The highest BCUT2D eigenvalue weighted by Crippen LogP contribution is 2.37. The zero-order valence-corrected chi connectivity index (χ0v) is 13.3. The fraction of sp³-hybridized carbons (Fsp3) is 0.529. The lowest BCUT2D eigenvalue weighted by atomic mass is 10.1. The molecule has 0 radical (unpaired) electrons. The summed E-state index contributed by atoms with van der Waals surface area (Å²) in [5.41, 5.74) is 0.740. The third-order valence-electron chi connectivity index (χ3n) is 4.75. The van der Waals surface area contributed by atoms with Crippen LogP contribution < -0.4 is 19.7 Å². The second-order valence-electron chi connectivity index (χ2n) is 6.42. The molecule has 2 fully saturated rings. The molecule has 2 atom stereocenters. The summed E-state index contributed by atoms with van der Waals surface area (Å²) in [7, 11) is 0. The van der Waals surface area contributed by atoms with Crippen molar-refractivity contribution in [1.29, 1.82) is 0 Å². The number of hydrogen-bond donors (Lipinski definition) is 1. The number of nitrogens with zero attached hydrogens (tertiary/aromatic N) is 1. The third kappa shape index (κ3) is 2.91. The van der Waals surface area contributed by atoms with E-state index in [9.17, 15) is 9.59 Å². The van der Waals surface area contributed by atoms with Crippen LogP contribution in [0.1, 0.15) is 12.8 Å². The Hall–Kier alpha value is -2.28. The van der Waals surface area contributed by atoms with E-state index in [-0.39, 0.29) is 30.9 Å². The van der Waals surface area contributed by atoms with Gasteiger partial charge in [0, 0.05) is 43.8 Å². The van der Waals surface area contributed by atoms with Gasteiger partial charge < -0.3 is 24.4 Å². The standard InChI is InChI=1S/C17H20N2O5/c20-16-5-12(17(21)18-7-11-3-4-22-9-11)8-19(16)13-1-2-14-15(6-13)24-10-23-14/h1-2,6,11-12H,3-5,7-10H2,(H,18,21)/t11-,12-/m0/s1. The number of carbonyl (C=O) groups excluding carboxylic acids is 2. The van der Waals surface area contributed by atoms with Gasteiger partial charge in [0.15, 0.2) is 11.5 Å². The normalized spacial score (nSPS) is 25.3. The number of fused-ring (bicyclic) bond motifs is 1. The molecule has 1 aromatic rings. The van der Waals surface area contributed by atoms with E-state index in [0.29, 0.717) is 37.1 Å². The second-order valence-corrected chi connectivity index (χ2v) is 6.42. The van der Waals surface area contributed by atoms with Gasteiger partial charge >= 0.3 is 0 Å².